The molecule has 1 saturated heterocycles. The van der Waals surface area contributed by atoms with Crippen LogP contribution in [-0.4, -0.2) is 18.2 Å². The molecule has 3 heteroatoms. The van der Waals surface area contributed by atoms with Crippen molar-refractivity contribution in [2.75, 3.05) is 18.0 Å². The van der Waals surface area contributed by atoms with Gasteiger partial charge in [0, 0.05) is 24.0 Å². The molecule has 0 unspecified atom stereocenters. The van der Waals surface area contributed by atoms with Gasteiger partial charge in [-0.1, -0.05) is 36.4 Å². The summed E-state index contributed by atoms with van der Waals surface area (Å²) in [5.41, 5.74) is 2.75. The highest BCUT2D eigenvalue weighted by atomic mass is 19.1. The first kappa shape index (κ1) is 14.1. The number of benzene rings is 3. The zero-order chi connectivity index (χ0) is 15.8. The Hall–Kier alpha value is -2.55. The minimum absolute atomic E-state index is 0.249. The standard InChI is InChI=1S/C20H18FNO/c21-16-9-7-14(8-10-16)18-13-15-5-1-2-6-17(15)20(23)19(18)22-11-3-4-12-22/h1-2,5-10,13,23H,3-4,11-12H2. The lowest BCUT2D eigenvalue weighted by Crippen LogP contribution is -2.18. The fraction of sp³-hybridized carbons (Fsp3) is 0.200. The second-order valence-corrected chi connectivity index (χ2v) is 6.04. The van der Waals surface area contributed by atoms with E-state index in [9.17, 15) is 9.50 Å². The van der Waals surface area contributed by atoms with Crippen LogP contribution in [0.25, 0.3) is 21.9 Å². The van der Waals surface area contributed by atoms with E-state index in [1.807, 2.05) is 24.3 Å². The molecule has 2 nitrogen and oxygen atoms in total. The smallest absolute Gasteiger partial charge is 0.147 e. The first-order valence-corrected chi connectivity index (χ1v) is 7.99. The molecule has 1 fully saturated rings. The number of phenolic OH excluding ortho intramolecular Hbond substituents is 1. The number of phenols is 1. The molecule has 0 aromatic heterocycles. The number of aromatic hydroxyl groups is 1. The molecule has 0 amide bonds. The number of anilines is 1. The van der Waals surface area contributed by atoms with E-state index in [1.165, 1.54) is 12.1 Å². The van der Waals surface area contributed by atoms with E-state index < -0.39 is 0 Å². The molecule has 1 aliphatic rings. The third kappa shape index (κ3) is 2.42. The van der Waals surface area contributed by atoms with Gasteiger partial charge in [0.15, 0.2) is 0 Å². The number of rotatable bonds is 2. The highest BCUT2D eigenvalue weighted by Gasteiger charge is 2.22. The fourth-order valence-corrected chi connectivity index (χ4v) is 3.43. The largest absolute Gasteiger partial charge is 0.505 e. The molecule has 116 valence electrons. The highest BCUT2D eigenvalue weighted by molar-refractivity contribution is 6.01. The van der Waals surface area contributed by atoms with Crippen molar-refractivity contribution in [2.45, 2.75) is 12.8 Å². The van der Waals surface area contributed by atoms with Crippen molar-refractivity contribution in [1.82, 2.24) is 0 Å². The van der Waals surface area contributed by atoms with E-state index in [-0.39, 0.29) is 5.82 Å². The number of fused-ring (bicyclic) bond motifs is 1. The zero-order valence-electron chi connectivity index (χ0n) is 12.8. The second-order valence-electron chi connectivity index (χ2n) is 6.04. The summed E-state index contributed by atoms with van der Waals surface area (Å²) in [5, 5.41) is 12.7. The van der Waals surface area contributed by atoms with Gasteiger partial charge in [-0.2, -0.15) is 0 Å². The minimum atomic E-state index is -0.249. The molecule has 4 rings (SSSR count). The predicted molar refractivity (Wildman–Crippen MR) is 92.5 cm³/mol. The first-order chi connectivity index (χ1) is 11.2. The van der Waals surface area contributed by atoms with Crippen molar-refractivity contribution < 1.29 is 9.50 Å². The van der Waals surface area contributed by atoms with Crippen LogP contribution in [0.1, 0.15) is 12.8 Å². The molecule has 3 aromatic carbocycles. The van der Waals surface area contributed by atoms with Crippen LogP contribution in [0.4, 0.5) is 10.1 Å². The summed E-state index contributed by atoms with van der Waals surface area (Å²) in [6, 6.07) is 16.4. The quantitative estimate of drug-likeness (QED) is 0.724. The van der Waals surface area contributed by atoms with Crippen molar-refractivity contribution in [3.05, 3.63) is 60.4 Å². The van der Waals surface area contributed by atoms with E-state index in [4.69, 9.17) is 0 Å². The molecule has 23 heavy (non-hydrogen) atoms. The molecule has 0 bridgehead atoms. The van der Waals surface area contributed by atoms with Crippen LogP contribution >= 0.6 is 0 Å². The molecule has 0 atom stereocenters. The van der Waals surface area contributed by atoms with Crippen LogP contribution in [-0.2, 0) is 0 Å². The van der Waals surface area contributed by atoms with Gasteiger partial charge >= 0.3 is 0 Å². The van der Waals surface area contributed by atoms with Crippen LogP contribution in [0.3, 0.4) is 0 Å². The SMILES string of the molecule is Oc1c(N2CCCC2)c(-c2ccc(F)cc2)cc2ccccc12. The molecule has 1 N–H and O–H groups in total. The molecule has 3 aromatic rings. The summed E-state index contributed by atoms with van der Waals surface area (Å²) in [4.78, 5) is 2.24. The van der Waals surface area contributed by atoms with Gasteiger partial charge in [-0.15, -0.1) is 0 Å². The fourth-order valence-electron chi connectivity index (χ4n) is 3.43. The molecular formula is C20H18FNO. The Morgan fingerprint density at radius 1 is 0.913 bits per heavy atom. The predicted octanol–water partition coefficient (Wildman–Crippen LogP) is 4.95. The Kier molecular flexibility index (Phi) is 3.41. The van der Waals surface area contributed by atoms with Gasteiger partial charge in [0.25, 0.3) is 0 Å². The number of nitrogens with zero attached hydrogens (tertiary/aromatic N) is 1. The number of hydrogen-bond acceptors (Lipinski definition) is 2. The zero-order valence-corrected chi connectivity index (χ0v) is 12.8. The molecule has 0 spiro atoms. The maximum atomic E-state index is 13.3. The van der Waals surface area contributed by atoms with Gasteiger partial charge in [-0.05, 0) is 42.0 Å². The summed E-state index contributed by atoms with van der Waals surface area (Å²) in [6.07, 6.45) is 2.27. The Morgan fingerprint density at radius 2 is 1.61 bits per heavy atom. The Bertz CT molecular complexity index is 851. The summed E-state index contributed by atoms with van der Waals surface area (Å²) in [5.74, 6) is 0.0748. The topological polar surface area (TPSA) is 23.5 Å². The average Bonchev–Trinajstić information content (AvgIpc) is 3.09. The summed E-state index contributed by atoms with van der Waals surface area (Å²) < 4.78 is 13.3. The van der Waals surface area contributed by atoms with E-state index in [0.717, 1.165) is 53.5 Å². The molecule has 0 aliphatic carbocycles. The highest BCUT2D eigenvalue weighted by Crippen LogP contribution is 2.44. The Labute approximate surface area is 134 Å². The average molecular weight is 307 g/mol. The van der Waals surface area contributed by atoms with Gasteiger partial charge in [0.05, 0.1) is 5.69 Å². The van der Waals surface area contributed by atoms with Gasteiger partial charge in [0.1, 0.15) is 11.6 Å². The van der Waals surface area contributed by atoms with Crippen LogP contribution in [0.2, 0.25) is 0 Å². The van der Waals surface area contributed by atoms with Crippen molar-refractivity contribution in [3.63, 3.8) is 0 Å². The Morgan fingerprint density at radius 3 is 2.35 bits per heavy atom. The molecule has 1 heterocycles. The van der Waals surface area contributed by atoms with Crippen LogP contribution < -0.4 is 4.90 Å². The first-order valence-electron chi connectivity index (χ1n) is 7.99. The van der Waals surface area contributed by atoms with Gasteiger partial charge in [0.2, 0.25) is 0 Å². The summed E-state index contributed by atoms with van der Waals surface area (Å²) in [7, 11) is 0. The van der Waals surface area contributed by atoms with E-state index in [2.05, 4.69) is 11.0 Å². The second kappa shape index (κ2) is 5.58. The lowest BCUT2D eigenvalue weighted by molar-refractivity contribution is 0.481. The minimum Gasteiger partial charge on any atom is -0.505 e. The van der Waals surface area contributed by atoms with E-state index in [1.54, 1.807) is 12.1 Å². The Balaban J connectivity index is 2.00. The van der Waals surface area contributed by atoms with Gasteiger partial charge < -0.3 is 10.0 Å². The summed E-state index contributed by atoms with van der Waals surface area (Å²) in [6.45, 7) is 1.89. The van der Waals surface area contributed by atoms with Crippen molar-refractivity contribution in [3.8, 4) is 16.9 Å². The lowest BCUT2D eigenvalue weighted by Gasteiger charge is -2.24. The maximum Gasteiger partial charge on any atom is 0.147 e. The summed E-state index contributed by atoms with van der Waals surface area (Å²) >= 11 is 0. The van der Waals surface area contributed by atoms with Crippen LogP contribution in [0.5, 0.6) is 5.75 Å². The maximum absolute atomic E-state index is 13.3. The third-order valence-electron chi connectivity index (χ3n) is 4.57. The van der Waals surface area contributed by atoms with Gasteiger partial charge in [-0.25, -0.2) is 4.39 Å². The lowest BCUT2D eigenvalue weighted by atomic mass is 9.97. The van der Waals surface area contributed by atoms with Crippen molar-refractivity contribution >= 4 is 16.5 Å². The van der Waals surface area contributed by atoms with Crippen LogP contribution in [0, 0.1) is 5.82 Å². The van der Waals surface area contributed by atoms with Crippen molar-refractivity contribution in [2.24, 2.45) is 0 Å². The van der Waals surface area contributed by atoms with Crippen LogP contribution in [0.15, 0.2) is 54.6 Å². The number of halogens is 1. The molecular weight excluding hydrogens is 289 g/mol. The van der Waals surface area contributed by atoms with E-state index in [0.29, 0.717) is 5.75 Å². The van der Waals surface area contributed by atoms with Gasteiger partial charge in [-0.3, -0.25) is 0 Å². The normalized spacial score (nSPS) is 14.6. The molecule has 0 saturated carbocycles. The molecule has 0 radical (unpaired) electrons. The van der Waals surface area contributed by atoms with Crippen molar-refractivity contribution in [1.29, 1.82) is 0 Å². The van der Waals surface area contributed by atoms with E-state index >= 15 is 0 Å². The number of hydrogen-bond donors (Lipinski definition) is 1. The monoisotopic (exact) mass is 307 g/mol. The third-order valence-corrected chi connectivity index (χ3v) is 4.57. The molecule has 1 aliphatic heterocycles.